The number of hydrogen-bond donors (Lipinski definition) is 0. The average Bonchev–Trinajstić information content (AvgIpc) is 2.63. The maximum absolute atomic E-state index is 6.14. The Kier molecular flexibility index (Phi) is 2.72. The van der Waals surface area contributed by atoms with E-state index in [0.717, 1.165) is 21.9 Å². The second-order valence-electron chi connectivity index (χ2n) is 6.51. The molecule has 0 bridgehead atoms. The lowest BCUT2D eigenvalue weighted by Gasteiger charge is -2.10. The van der Waals surface area contributed by atoms with Crippen LogP contribution in [0.25, 0.3) is 11.0 Å². The standard InChI is InChI=1S/C15H18Cl2N2/c1-14(2)13(15(14,3)4)19-11-7-9(17)5-6-10(11)18-12(19)8-16/h5-7,13H,8H2,1-4H3. The van der Waals surface area contributed by atoms with Crippen LogP contribution in [0.15, 0.2) is 18.2 Å². The van der Waals surface area contributed by atoms with Gasteiger partial charge in [-0.25, -0.2) is 4.98 Å². The van der Waals surface area contributed by atoms with Crippen LogP contribution in [0, 0.1) is 10.8 Å². The minimum absolute atomic E-state index is 0.240. The highest BCUT2D eigenvalue weighted by Crippen LogP contribution is 2.72. The first-order valence-electron chi connectivity index (χ1n) is 6.53. The van der Waals surface area contributed by atoms with Gasteiger partial charge < -0.3 is 4.57 Å². The van der Waals surface area contributed by atoms with Crippen LogP contribution in [0.2, 0.25) is 5.02 Å². The number of alkyl halides is 1. The van der Waals surface area contributed by atoms with Crippen LogP contribution < -0.4 is 0 Å². The highest BCUT2D eigenvalue weighted by atomic mass is 35.5. The van der Waals surface area contributed by atoms with E-state index in [2.05, 4.69) is 37.2 Å². The molecule has 19 heavy (non-hydrogen) atoms. The predicted octanol–water partition coefficient (Wildman–Crippen LogP) is 5.04. The third-order valence-electron chi connectivity index (χ3n) is 5.05. The summed E-state index contributed by atoms with van der Waals surface area (Å²) in [4.78, 5) is 4.64. The number of halogens is 2. The fourth-order valence-electron chi connectivity index (χ4n) is 3.31. The molecule has 0 spiro atoms. The predicted molar refractivity (Wildman–Crippen MR) is 80.9 cm³/mol. The fraction of sp³-hybridized carbons (Fsp3) is 0.533. The Morgan fingerprint density at radius 2 is 1.84 bits per heavy atom. The highest BCUT2D eigenvalue weighted by molar-refractivity contribution is 6.31. The molecule has 0 radical (unpaired) electrons. The zero-order chi connectivity index (χ0) is 14.0. The minimum Gasteiger partial charge on any atom is -0.323 e. The molecule has 0 saturated heterocycles. The lowest BCUT2D eigenvalue weighted by molar-refractivity contribution is 0.457. The third kappa shape index (κ3) is 1.66. The van der Waals surface area contributed by atoms with E-state index in [-0.39, 0.29) is 10.8 Å². The van der Waals surface area contributed by atoms with Gasteiger partial charge in [-0.15, -0.1) is 11.6 Å². The molecule has 1 fully saturated rings. The molecule has 4 heteroatoms. The van der Waals surface area contributed by atoms with E-state index in [4.69, 9.17) is 23.2 Å². The SMILES string of the molecule is CC1(C)C(n2c(CCl)nc3ccc(Cl)cc32)C1(C)C. The molecule has 0 aliphatic heterocycles. The molecule has 1 aliphatic rings. The molecule has 1 saturated carbocycles. The summed E-state index contributed by atoms with van der Waals surface area (Å²) >= 11 is 12.2. The van der Waals surface area contributed by atoms with Gasteiger partial charge in [0.25, 0.3) is 0 Å². The van der Waals surface area contributed by atoms with Gasteiger partial charge >= 0.3 is 0 Å². The van der Waals surface area contributed by atoms with Gasteiger partial charge in [-0.2, -0.15) is 0 Å². The van der Waals surface area contributed by atoms with Crippen LogP contribution in [0.5, 0.6) is 0 Å². The van der Waals surface area contributed by atoms with Gasteiger partial charge in [0, 0.05) is 11.1 Å². The Morgan fingerprint density at radius 3 is 2.37 bits per heavy atom. The number of aromatic nitrogens is 2. The largest absolute Gasteiger partial charge is 0.323 e. The number of nitrogens with zero attached hydrogens (tertiary/aromatic N) is 2. The maximum atomic E-state index is 6.14. The van der Waals surface area contributed by atoms with E-state index in [0.29, 0.717) is 11.9 Å². The molecule has 1 aromatic carbocycles. The first-order chi connectivity index (χ1) is 8.80. The Morgan fingerprint density at radius 1 is 1.21 bits per heavy atom. The first kappa shape index (κ1) is 13.3. The maximum Gasteiger partial charge on any atom is 0.125 e. The molecule has 2 aromatic rings. The fourth-order valence-corrected chi connectivity index (χ4v) is 3.66. The van der Waals surface area contributed by atoms with Gasteiger partial charge in [0.2, 0.25) is 0 Å². The van der Waals surface area contributed by atoms with Gasteiger partial charge in [-0.05, 0) is 29.0 Å². The van der Waals surface area contributed by atoms with E-state index in [1.165, 1.54) is 0 Å². The Hall–Kier alpha value is -0.730. The second-order valence-corrected chi connectivity index (χ2v) is 7.21. The molecule has 2 nitrogen and oxygen atoms in total. The van der Waals surface area contributed by atoms with E-state index in [1.54, 1.807) is 0 Å². The Balaban J connectivity index is 2.26. The minimum atomic E-state index is 0.240. The van der Waals surface area contributed by atoms with E-state index < -0.39 is 0 Å². The normalized spacial score (nSPS) is 20.9. The van der Waals surface area contributed by atoms with Crippen LogP contribution in [-0.2, 0) is 5.88 Å². The summed E-state index contributed by atoms with van der Waals surface area (Å²) in [6.45, 7) is 9.19. The quantitative estimate of drug-likeness (QED) is 0.710. The van der Waals surface area contributed by atoms with Crippen LogP contribution in [-0.4, -0.2) is 9.55 Å². The zero-order valence-corrected chi connectivity index (χ0v) is 13.2. The summed E-state index contributed by atoms with van der Waals surface area (Å²) in [5.74, 6) is 1.36. The van der Waals surface area contributed by atoms with E-state index in [1.807, 2.05) is 18.2 Å². The monoisotopic (exact) mass is 296 g/mol. The first-order valence-corrected chi connectivity index (χ1v) is 7.44. The van der Waals surface area contributed by atoms with Gasteiger partial charge in [0.1, 0.15) is 5.82 Å². The Labute approximate surface area is 123 Å². The summed E-state index contributed by atoms with van der Waals surface area (Å²) in [6.07, 6.45) is 0. The van der Waals surface area contributed by atoms with Gasteiger partial charge in [0.05, 0.1) is 16.9 Å². The number of benzene rings is 1. The van der Waals surface area contributed by atoms with E-state index >= 15 is 0 Å². The number of imidazole rings is 1. The molecule has 0 unspecified atom stereocenters. The molecule has 3 rings (SSSR count). The van der Waals surface area contributed by atoms with Crippen molar-refractivity contribution in [1.82, 2.24) is 9.55 Å². The number of hydrogen-bond acceptors (Lipinski definition) is 1. The summed E-state index contributed by atoms with van der Waals surface area (Å²) < 4.78 is 2.29. The Bertz CT molecular complexity index is 641. The molecule has 0 N–H and O–H groups in total. The van der Waals surface area contributed by atoms with Crippen molar-refractivity contribution in [1.29, 1.82) is 0 Å². The van der Waals surface area contributed by atoms with E-state index in [9.17, 15) is 0 Å². The van der Waals surface area contributed by atoms with Crippen LogP contribution in [0.1, 0.15) is 39.6 Å². The number of fused-ring (bicyclic) bond motifs is 1. The van der Waals surface area contributed by atoms with Crippen molar-refractivity contribution in [2.75, 3.05) is 0 Å². The van der Waals surface area contributed by atoms with Crippen molar-refractivity contribution < 1.29 is 0 Å². The molecule has 102 valence electrons. The summed E-state index contributed by atoms with van der Waals surface area (Å²) in [5, 5.41) is 0.742. The molecule has 0 atom stereocenters. The summed E-state index contributed by atoms with van der Waals surface area (Å²) in [6, 6.07) is 6.25. The molecule has 1 aliphatic carbocycles. The zero-order valence-electron chi connectivity index (χ0n) is 11.7. The van der Waals surface area contributed by atoms with Gasteiger partial charge in [-0.1, -0.05) is 39.3 Å². The molecular formula is C15H18Cl2N2. The lowest BCUT2D eigenvalue weighted by atomic mass is 10.0. The topological polar surface area (TPSA) is 17.8 Å². The van der Waals surface area contributed by atoms with Gasteiger partial charge in [0.15, 0.2) is 0 Å². The summed E-state index contributed by atoms with van der Waals surface area (Å²) in [7, 11) is 0. The molecule has 1 aromatic heterocycles. The van der Waals surface area contributed by atoms with Crippen LogP contribution in [0.4, 0.5) is 0 Å². The van der Waals surface area contributed by atoms with Crippen LogP contribution >= 0.6 is 23.2 Å². The van der Waals surface area contributed by atoms with Crippen molar-refractivity contribution in [3.05, 3.63) is 29.0 Å². The highest BCUT2D eigenvalue weighted by Gasteiger charge is 2.66. The molecule has 0 amide bonds. The molecule has 1 heterocycles. The molecular weight excluding hydrogens is 279 g/mol. The van der Waals surface area contributed by atoms with Crippen molar-refractivity contribution in [2.45, 2.75) is 39.6 Å². The lowest BCUT2D eigenvalue weighted by Crippen LogP contribution is -2.05. The van der Waals surface area contributed by atoms with Crippen molar-refractivity contribution in [3.63, 3.8) is 0 Å². The van der Waals surface area contributed by atoms with Crippen molar-refractivity contribution >= 4 is 34.2 Å². The van der Waals surface area contributed by atoms with Crippen molar-refractivity contribution in [2.24, 2.45) is 10.8 Å². The van der Waals surface area contributed by atoms with Crippen LogP contribution in [0.3, 0.4) is 0 Å². The van der Waals surface area contributed by atoms with Crippen molar-refractivity contribution in [3.8, 4) is 0 Å². The smallest absolute Gasteiger partial charge is 0.125 e. The number of rotatable bonds is 2. The summed E-state index contributed by atoms with van der Waals surface area (Å²) in [5.41, 5.74) is 2.54. The third-order valence-corrected chi connectivity index (χ3v) is 5.52. The second kappa shape index (κ2) is 3.89. The average molecular weight is 297 g/mol. The van der Waals surface area contributed by atoms with Gasteiger partial charge in [-0.3, -0.25) is 0 Å².